The van der Waals surface area contributed by atoms with Crippen LogP contribution in [0.15, 0.2) is 67.0 Å². The number of fused-ring (bicyclic) bond motifs is 1. The molecule has 0 spiro atoms. The minimum Gasteiger partial charge on any atom is -0.471 e. The van der Waals surface area contributed by atoms with Crippen molar-refractivity contribution in [1.82, 2.24) is 20.1 Å². The Balaban J connectivity index is 1.65. The van der Waals surface area contributed by atoms with Crippen molar-refractivity contribution in [2.24, 2.45) is 0 Å². The molecule has 4 aromatic rings. The third-order valence-electron chi connectivity index (χ3n) is 6.47. The molecule has 0 fully saturated rings. The standard InChI is InChI=1S/C28H23Cl2F3N4O3/c1-27(2)14-22(35-25(39)24(38)28(31,32)33)20-13-19(15-4-6-16(29)7-5-15)23(36-26(20)40-27)18-9-8-17(12-21(18)30)37-11-3-10-34-37/h3-13,22,24,38H,14H2,1-2H3,(H,35,39)/t22-,24?/m1/s1. The maximum Gasteiger partial charge on any atom is 0.423 e. The highest BCUT2D eigenvalue weighted by molar-refractivity contribution is 6.33. The van der Waals surface area contributed by atoms with Gasteiger partial charge in [0.15, 0.2) is 0 Å². The SMILES string of the molecule is CC1(C)C[C@@H](NC(=O)C(O)C(F)(F)F)c2cc(-c3ccc(Cl)cc3)c(-c3ccc(-n4cccn4)cc3Cl)nc2O1. The number of aliphatic hydroxyl groups excluding tert-OH is 1. The normalized spacial score (nSPS) is 17.1. The van der Waals surface area contributed by atoms with Crippen molar-refractivity contribution in [2.75, 3.05) is 0 Å². The molecule has 5 rings (SSSR count). The smallest absolute Gasteiger partial charge is 0.423 e. The molecule has 0 saturated heterocycles. The molecule has 0 saturated carbocycles. The van der Waals surface area contributed by atoms with Crippen LogP contribution in [-0.4, -0.2) is 43.7 Å². The number of amides is 1. The summed E-state index contributed by atoms with van der Waals surface area (Å²) in [6.07, 6.45) is -4.72. The number of nitrogens with zero attached hydrogens (tertiary/aromatic N) is 3. The fourth-order valence-corrected chi connectivity index (χ4v) is 4.98. The fourth-order valence-electron chi connectivity index (χ4n) is 4.59. The molecule has 1 aliphatic heterocycles. The van der Waals surface area contributed by atoms with Gasteiger partial charge in [0, 0.05) is 40.5 Å². The number of aliphatic hydroxyl groups is 1. The lowest BCUT2D eigenvalue weighted by Gasteiger charge is -2.38. The predicted octanol–water partition coefficient (Wildman–Crippen LogP) is 6.55. The summed E-state index contributed by atoms with van der Waals surface area (Å²) in [6, 6.07) is 14.9. The Hall–Kier alpha value is -3.60. The van der Waals surface area contributed by atoms with E-state index in [0.717, 1.165) is 5.69 Å². The summed E-state index contributed by atoms with van der Waals surface area (Å²) in [4.78, 5) is 17.1. The largest absolute Gasteiger partial charge is 0.471 e. The minimum absolute atomic E-state index is 0.128. The van der Waals surface area contributed by atoms with Gasteiger partial charge in [0.05, 0.1) is 22.4 Å². The van der Waals surface area contributed by atoms with Crippen molar-refractivity contribution in [3.05, 3.63) is 82.6 Å². The lowest BCUT2D eigenvalue weighted by molar-refractivity contribution is -0.205. The average molecular weight is 591 g/mol. The number of hydrogen-bond donors (Lipinski definition) is 2. The average Bonchev–Trinajstić information content (AvgIpc) is 3.42. The van der Waals surface area contributed by atoms with Gasteiger partial charge in [-0.05, 0) is 61.9 Å². The molecule has 0 bridgehead atoms. The number of hydrogen-bond acceptors (Lipinski definition) is 5. The summed E-state index contributed by atoms with van der Waals surface area (Å²) in [5.41, 5.74) is 2.51. The van der Waals surface area contributed by atoms with Crippen molar-refractivity contribution < 1.29 is 27.8 Å². The number of pyridine rings is 1. The van der Waals surface area contributed by atoms with Gasteiger partial charge in [0.2, 0.25) is 12.0 Å². The molecule has 2 N–H and O–H groups in total. The highest BCUT2D eigenvalue weighted by atomic mass is 35.5. The maximum atomic E-state index is 13.0. The van der Waals surface area contributed by atoms with Crippen LogP contribution >= 0.6 is 23.2 Å². The Morgan fingerprint density at radius 1 is 1.15 bits per heavy atom. The van der Waals surface area contributed by atoms with Crippen molar-refractivity contribution in [3.8, 4) is 34.0 Å². The third-order valence-corrected chi connectivity index (χ3v) is 7.03. The van der Waals surface area contributed by atoms with Gasteiger partial charge in [-0.25, -0.2) is 9.67 Å². The second kappa shape index (κ2) is 10.4. The topological polar surface area (TPSA) is 89.3 Å². The Morgan fingerprint density at radius 2 is 1.88 bits per heavy atom. The summed E-state index contributed by atoms with van der Waals surface area (Å²) >= 11 is 12.9. The molecule has 0 radical (unpaired) electrons. The summed E-state index contributed by atoms with van der Waals surface area (Å²) in [5.74, 6) is -1.43. The monoisotopic (exact) mass is 590 g/mol. The number of carbonyl (C=O) groups excluding carboxylic acids is 1. The molecule has 12 heteroatoms. The predicted molar refractivity (Wildman–Crippen MR) is 145 cm³/mol. The van der Waals surface area contributed by atoms with Gasteiger partial charge in [-0.2, -0.15) is 18.3 Å². The molecule has 2 aromatic heterocycles. The van der Waals surface area contributed by atoms with E-state index < -0.39 is 29.8 Å². The molecule has 3 heterocycles. The van der Waals surface area contributed by atoms with E-state index in [-0.39, 0.29) is 12.3 Å². The van der Waals surface area contributed by atoms with Gasteiger partial charge in [-0.3, -0.25) is 4.79 Å². The number of halogens is 5. The molecule has 2 aromatic carbocycles. The van der Waals surface area contributed by atoms with E-state index in [4.69, 9.17) is 32.9 Å². The van der Waals surface area contributed by atoms with Crippen LogP contribution in [0, 0.1) is 0 Å². The molecule has 1 unspecified atom stereocenters. The van der Waals surface area contributed by atoms with Gasteiger partial charge in [0.25, 0.3) is 5.91 Å². The van der Waals surface area contributed by atoms with Crippen LogP contribution in [0.5, 0.6) is 5.88 Å². The van der Waals surface area contributed by atoms with Crippen LogP contribution in [0.1, 0.15) is 31.9 Å². The molecule has 7 nitrogen and oxygen atoms in total. The summed E-state index contributed by atoms with van der Waals surface area (Å²) in [5, 5.41) is 17.0. The zero-order valence-electron chi connectivity index (χ0n) is 21.2. The molecule has 40 heavy (non-hydrogen) atoms. The zero-order valence-corrected chi connectivity index (χ0v) is 22.7. The van der Waals surface area contributed by atoms with E-state index in [1.54, 1.807) is 79.5 Å². The number of rotatable bonds is 5. The van der Waals surface area contributed by atoms with E-state index in [0.29, 0.717) is 38.0 Å². The summed E-state index contributed by atoms with van der Waals surface area (Å²) < 4.78 is 46.9. The number of ether oxygens (including phenoxy) is 1. The van der Waals surface area contributed by atoms with Crippen molar-refractivity contribution in [1.29, 1.82) is 0 Å². The highest BCUT2D eigenvalue weighted by Gasteiger charge is 2.45. The van der Waals surface area contributed by atoms with E-state index in [9.17, 15) is 23.1 Å². The zero-order chi connectivity index (χ0) is 28.8. The van der Waals surface area contributed by atoms with Gasteiger partial charge in [-0.15, -0.1) is 0 Å². The van der Waals surface area contributed by atoms with Gasteiger partial charge in [0.1, 0.15) is 5.60 Å². The number of carbonyl (C=O) groups is 1. The first-order valence-electron chi connectivity index (χ1n) is 12.2. The van der Waals surface area contributed by atoms with E-state index in [2.05, 4.69) is 10.4 Å². The van der Waals surface area contributed by atoms with Crippen molar-refractivity contribution in [2.45, 2.75) is 44.2 Å². The molecule has 0 aliphatic carbocycles. The lowest BCUT2D eigenvalue weighted by atomic mass is 9.88. The first kappa shape index (κ1) is 27.9. The molecule has 2 atom stereocenters. The van der Waals surface area contributed by atoms with Crippen molar-refractivity contribution in [3.63, 3.8) is 0 Å². The van der Waals surface area contributed by atoms with Gasteiger partial charge >= 0.3 is 6.18 Å². The first-order chi connectivity index (χ1) is 18.8. The van der Waals surface area contributed by atoms with Gasteiger partial charge < -0.3 is 15.2 Å². The summed E-state index contributed by atoms with van der Waals surface area (Å²) in [7, 11) is 0. The molecule has 208 valence electrons. The number of aromatic nitrogens is 3. The number of benzene rings is 2. The van der Waals surface area contributed by atoms with Gasteiger partial charge in [-0.1, -0.05) is 35.3 Å². The van der Waals surface area contributed by atoms with Crippen LogP contribution in [0.4, 0.5) is 13.2 Å². The van der Waals surface area contributed by atoms with Crippen molar-refractivity contribution >= 4 is 29.1 Å². The van der Waals surface area contributed by atoms with E-state index >= 15 is 0 Å². The highest BCUT2D eigenvalue weighted by Crippen LogP contribution is 2.45. The maximum absolute atomic E-state index is 13.0. The van der Waals surface area contributed by atoms with Crippen LogP contribution in [-0.2, 0) is 4.79 Å². The van der Waals surface area contributed by atoms with Crippen LogP contribution < -0.4 is 10.1 Å². The Kier molecular flexibility index (Phi) is 7.28. The number of nitrogens with one attached hydrogen (secondary N) is 1. The molecular formula is C28H23Cl2F3N4O3. The fraction of sp³-hybridized carbons (Fsp3) is 0.250. The van der Waals surface area contributed by atoms with Crippen LogP contribution in [0.2, 0.25) is 10.0 Å². The number of alkyl halides is 3. The Labute approximate surface area is 237 Å². The quantitative estimate of drug-likeness (QED) is 0.275. The van der Waals surface area contributed by atoms with Crippen LogP contribution in [0.25, 0.3) is 28.1 Å². The minimum atomic E-state index is -5.11. The Morgan fingerprint density at radius 3 is 2.50 bits per heavy atom. The molecular weight excluding hydrogens is 568 g/mol. The lowest BCUT2D eigenvalue weighted by Crippen LogP contribution is -2.48. The molecule has 1 aliphatic rings. The summed E-state index contributed by atoms with van der Waals surface area (Å²) in [6.45, 7) is 3.46. The van der Waals surface area contributed by atoms with Crippen LogP contribution in [0.3, 0.4) is 0 Å². The van der Waals surface area contributed by atoms with E-state index in [1.165, 1.54) is 0 Å². The molecule has 1 amide bonds. The third kappa shape index (κ3) is 5.65. The Bertz CT molecular complexity index is 1560. The van der Waals surface area contributed by atoms with E-state index in [1.807, 2.05) is 6.07 Å². The second-order valence-electron chi connectivity index (χ2n) is 9.97. The first-order valence-corrected chi connectivity index (χ1v) is 12.9. The second-order valence-corrected chi connectivity index (χ2v) is 10.8.